The lowest BCUT2D eigenvalue weighted by Gasteiger charge is -2.38. The first-order valence-corrected chi connectivity index (χ1v) is 7.01. The zero-order valence-electron chi connectivity index (χ0n) is 10.3. The van der Waals surface area contributed by atoms with E-state index >= 15 is 0 Å². The van der Waals surface area contributed by atoms with Gasteiger partial charge in [0, 0.05) is 22.5 Å². The van der Waals surface area contributed by atoms with Crippen molar-refractivity contribution in [3.8, 4) is 5.75 Å². The molecule has 0 aliphatic carbocycles. The summed E-state index contributed by atoms with van der Waals surface area (Å²) in [6, 6.07) is 4.27. The molecule has 2 rings (SSSR count). The predicted molar refractivity (Wildman–Crippen MR) is 74.9 cm³/mol. The van der Waals surface area contributed by atoms with Crippen LogP contribution in [0.5, 0.6) is 5.75 Å². The van der Waals surface area contributed by atoms with Crippen LogP contribution in [-0.4, -0.2) is 12.1 Å². The Bertz CT molecular complexity index is 434. The zero-order valence-corrected chi connectivity index (χ0v) is 12.7. The average Bonchev–Trinajstić information content (AvgIpc) is 2.19. The smallest absolute Gasteiger partial charge is 0.143 e. The molecule has 1 aliphatic rings. The van der Waals surface area contributed by atoms with E-state index in [2.05, 4.69) is 48.1 Å². The Morgan fingerprint density at radius 3 is 2.88 bits per heavy atom. The van der Waals surface area contributed by atoms with Gasteiger partial charge in [0.1, 0.15) is 11.4 Å². The van der Waals surface area contributed by atoms with E-state index in [0.29, 0.717) is 11.1 Å². The second-order valence-electron chi connectivity index (χ2n) is 4.98. The molecule has 4 heteroatoms. The monoisotopic (exact) mass is 317 g/mol. The van der Waals surface area contributed by atoms with E-state index in [1.165, 1.54) is 0 Å². The maximum absolute atomic E-state index is 6.26. The van der Waals surface area contributed by atoms with E-state index in [-0.39, 0.29) is 5.60 Å². The Labute approximate surface area is 116 Å². The normalized spacial score (nSPS) is 21.8. The minimum atomic E-state index is -0.183. The van der Waals surface area contributed by atoms with Crippen molar-refractivity contribution >= 4 is 27.5 Å². The summed E-state index contributed by atoms with van der Waals surface area (Å²) in [7, 11) is 0. The van der Waals surface area contributed by atoms with E-state index < -0.39 is 0 Å². The number of fused-ring (bicyclic) bond motifs is 1. The van der Waals surface area contributed by atoms with Gasteiger partial charge in [-0.3, -0.25) is 0 Å². The molecule has 0 aromatic heterocycles. The third kappa shape index (κ3) is 2.78. The lowest BCUT2D eigenvalue weighted by Crippen LogP contribution is -2.39. The molecule has 1 aromatic rings. The number of rotatable bonds is 2. The molecule has 0 spiro atoms. The highest BCUT2D eigenvalue weighted by Gasteiger charge is 2.34. The maximum atomic E-state index is 6.26. The molecule has 0 saturated heterocycles. The van der Waals surface area contributed by atoms with Crippen LogP contribution in [0, 0.1) is 0 Å². The summed E-state index contributed by atoms with van der Waals surface area (Å²) in [5, 5.41) is 4.16. The largest absolute Gasteiger partial charge is 0.486 e. The summed E-state index contributed by atoms with van der Waals surface area (Å²) < 4.78 is 6.98. The van der Waals surface area contributed by atoms with E-state index in [0.717, 1.165) is 28.8 Å². The SMILES string of the molecule is CCNC1CC(C)(C)Oc2c(Cl)cc(Br)cc21. The maximum Gasteiger partial charge on any atom is 0.143 e. The van der Waals surface area contributed by atoms with E-state index in [9.17, 15) is 0 Å². The minimum Gasteiger partial charge on any atom is -0.486 e. The van der Waals surface area contributed by atoms with Crippen molar-refractivity contribution in [3.63, 3.8) is 0 Å². The molecule has 0 bridgehead atoms. The van der Waals surface area contributed by atoms with Crippen molar-refractivity contribution in [2.24, 2.45) is 0 Å². The number of ether oxygens (including phenoxy) is 1. The van der Waals surface area contributed by atoms with Crippen LogP contribution >= 0.6 is 27.5 Å². The van der Waals surface area contributed by atoms with Gasteiger partial charge in [-0.15, -0.1) is 0 Å². The van der Waals surface area contributed by atoms with Gasteiger partial charge in [-0.1, -0.05) is 34.5 Å². The van der Waals surface area contributed by atoms with Gasteiger partial charge >= 0.3 is 0 Å². The highest BCUT2D eigenvalue weighted by molar-refractivity contribution is 9.10. The van der Waals surface area contributed by atoms with Crippen LogP contribution in [0.1, 0.15) is 38.8 Å². The molecule has 94 valence electrons. The predicted octanol–water partition coefficient (Wildman–Crippen LogP) is 4.31. The summed E-state index contributed by atoms with van der Waals surface area (Å²) in [6.45, 7) is 7.24. The summed E-state index contributed by atoms with van der Waals surface area (Å²) >= 11 is 9.74. The van der Waals surface area contributed by atoms with Crippen LogP contribution in [0.2, 0.25) is 5.02 Å². The van der Waals surface area contributed by atoms with Crippen LogP contribution in [0.4, 0.5) is 0 Å². The van der Waals surface area contributed by atoms with Crippen molar-refractivity contribution in [2.45, 2.75) is 38.8 Å². The van der Waals surface area contributed by atoms with Crippen molar-refractivity contribution in [1.29, 1.82) is 0 Å². The third-order valence-electron chi connectivity index (χ3n) is 2.94. The van der Waals surface area contributed by atoms with Crippen molar-refractivity contribution < 1.29 is 4.74 Å². The highest BCUT2D eigenvalue weighted by Crippen LogP contribution is 2.44. The summed E-state index contributed by atoms with van der Waals surface area (Å²) in [5.41, 5.74) is 0.961. The highest BCUT2D eigenvalue weighted by atomic mass is 79.9. The van der Waals surface area contributed by atoms with Crippen LogP contribution in [-0.2, 0) is 0 Å². The van der Waals surface area contributed by atoms with Gasteiger partial charge in [0.05, 0.1) is 5.02 Å². The molecule has 1 N–H and O–H groups in total. The van der Waals surface area contributed by atoms with Crippen LogP contribution < -0.4 is 10.1 Å². The lowest BCUT2D eigenvalue weighted by atomic mass is 9.89. The van der Waals surface area contributed by atoms with Gasteiger partial charge in [-0.25, -0.2) is 0 Å². The summed E-state index contributed by atoms with van der Waals surface area (Å²) in [4.78, 5) is 0. The topological polar surface area (TPSA) is 21.3 Å². The fraction of sp³-hybridized carbons (Fsp3) is 0.538. The van der Waals surface area contributed by atoms with Gasteiger partial charge < -0.3 is 10.1 Å². The molecule has 2 nitrogen and oxygen atoms in total. The first-order valence-electron chi connectivity index (χ1n) is 5.84. The fourth-order valence-corrected chi connectivity index (χ4v) is 3.17. The van der Waals surface area contributed by atoms with Crippen molar-refractivity contribution in [2.75, 3.05) is 6.54 Å². The zero-order chi connectivity index (χ0) is 12.6. The Balaban J connectivity index is 2.48. The first kappa shape index (κ1) is 13.2. The molecule has 1 aliphatic heterocycles. The number of halogens is 2. The van der Waals surface area contributed by atoms with Gasteiger partial charge in [-0.2, -0.15) is 0 Å². The number of benzene rings is 1. The standard InChI is InChI=1S/C13H17BrClNO/c1-4-16-11-7-13(2,3)17-12-9(11)5-8(14)6-10(12)15/h5-6,11,16H,4,7H2,1-3H3. The molecule has 0 amide bonds. The molecule has 1 heterocycles. The van der Waals surface area contributed by atoms with Crippen LogP contribution in [0.3, 0.4) is 0 Å². The van der Waals surface area contributed by atoms with Gasteiger partial charge in [0.25, 0.3) is 0 Å². The van der Waals surface area contributed by atoms with Crippen LogP contribution in [0.15, 0.2) is 16.6 Å². The fourth-order valence-electron chi connectivity index (χ4n) is 2.29. The van der Waals surface area contributed by atoms with Crippen molar-refractivity contribution in [3.05, 3.63) is 27.2 Å². The van der Waals surface area contributed by atoms with Gasteiger partial charge in [-0.05, 0) is 32.5 Å². The quantitative estimate of drug-likeness (QED) is 0.877. The number of hydrogen-bond donors (Lipinski definition) is 1. The van der Waals surface area contributed by atoms with E-state index in [4.69, 9.17) is 16.3 Å². The number of hydrogen-bond acceptors (Lipinski definition) is 2. The summed E-state index contributed by atoms with van der Waals surface area (Å²) in [5.74, 6) is 0.817. The molecule has 1 atom stereocenters. The van der Waals surface area contributed by atoms with Crippen molar-refractivity contribution in [1.82, 2.24) is 5.32 Å². The third-order valence-corrected chi connectivity index (χ3v) is 3.68. The molecule has 1 unspecified atom stereocenters. The van der Waals surface area contributed by atoms with E-state index in [1.54, 1.807) is 0 Å². The Morgan fingerprint density at radius 1 is 1.53 bits per heavy atom. The Hall–Kier alpha value is -0.250. The van der Waals surface area contributed by atoms with Crippen LogP contribution in [0.25, 0.3) is 0 Å². The summed E-state index contributed by atoms with van der Waals surface area (Å²) in [6.07, 6.45) is 0.945. The number of nitrogens with one attached hydrogen (secondary N) is 1. The Morgan fingerprint density at radius 2 is 2.24 bits per heavy atom. The molecule has 0 fully saturated rings. The molecular formula is C13H17BrClNO. The second-order valence-corrected chi connectivity index (χ2v) is 6.30. The van der Waals surface area contributed by atoms with Gasteiger partial charge in [0.15, 0.2) is 0 Å². The molecule has 1 aromatic carbocycles. The molecule has 0 saturated carbocycles. The average molecular weight is 319 g/mol. The first-order chi connectivity index (χ1) is 7.93. The van der Waals surface area contributed by atoms with Gasteiger partial charge in [0.2, 0.25) is 0 Å². The molecular weight excluding hydrogens is 302 g/mol. The van der Waals surface area contributed by atoms with E-state index in [1.807, 2.05) is 6.07 Å². The lowest BCUT2D eigenvalue weighted by molar-refractivity contribution is 0.0665. The second kappa shape index (κ2) is 4.79. The minimum absolute atomic E-state index is 0.183. The molecule has 0 radical (unpaired) electrons. The molecule has 17 heavy (non-hydrogen) atoms. The Kier molecular flexibility index (Phi) is 3.71.